The molecule has 4 heteroatoms. The van der Waals surface area contributed by atoms with Crippen LogP contribution < -0.4 is 10.6 Å². The minimum atomic E-state index is 0.621. The van der Waals surface area contributed by atoms with Crippen molar-refractivity contribution in [2.75, 3.05) is 38.1 Å². The van der Waals surface area contributed by atoms with Gasteiger partial charge in [-0.25, -0.2) is 4.98 Å². The fourth-order valence-electron chi connectivity index (χ4n) is 2.75. The molecule has 0 bridgehead atoms. The number of hydrogen-bond donors (Lipinski definition) is 1. The number of piperidine rings is 1. The van der Waals surface area contributed by atoms with E-state index in [-0.39, 0.29) is 0 Å². The summed E-state index contributed by atoms with van der Waals surface area (Å²) in [5.74, 6) is 1.08. The minimum absolute atomic E-state index is 0.621. The van der Waals surface area contributed by atoms with E-state index in [0.29, 0.717) is 12.6 Å². The Balaban J connectivity index is 1.94. The first-order valence-corrected chi connectivity index (χ1v) is 7.34. The number of likely N-dealkylation sites (tertiary alicyclic amines) is 1. The third kappa shape index (κ3) is 3.67. The standard InChI is InChI=1S/C15H26N4/c1-3-19-10-7-14(8-11-19)18(2)15-5-4-13(6-9-16)12-17-15/h4-5,12,14H,3,6-11,16H2,1-2H3. The zero-order chi connectivity index (χ0) is 13.7. The van der Waals surface area contributed by atoms with Crippen LogP contribution >= 0.6 is 0 Å². The van der Waals surface area contributed by atoms with Crippen molar-refractivity contribution in [2.45, 2.75) is 32.2 Å². The van der Waals surface area contributed by atoms with Crippen molar-refractivity contribution in [3.05, 3.63) is 23.9 Å². The molecule has 1 aliphatic rings. The lowest BCUT2D eigenvalue weighted by Gasteiger charge is -2.36. The smallest absolute Gasteiger partial charge is 0.128 e. The van der Waals surface area contributed by atoms with E-state index >= 15 is 0 Å². The molecule has 0 radical (unpaired) electrons. The van der Waals surface area contributed by atoms with Crippen LogP contribution in [0, 0.1) is 0 Å². The van der Waals surface area contributed by atoms with E-state index in [2.05, 4.69) is 40.9 Å². The first-order chi connectivity index (χ1) is 9.24. The molecule has 1 fully saturated rings. The number of nitrogens with two attached hydrogens (primary N) is 1. The first kappa shape index (κ1) is 14.3. The third-order valence-corrected chi connectivity index (χ3v) is 4.16. The van der Waals surface area contributed by atoms with Crippen molar-refractivity contribution in [2.24, 2.45) is 5.73 Å². The first-order valence-electron chi connectivity index (χ1n) is 7.34. The van der Waals surface area contributed by atoms with Gasteiger partial charge in [-0.3, -0.25) is 0 Å². The number of pyridine rings is 1. The van der Waals surface area contributed by atoms with Gasteiger partial charge in [0.05, 0.1) is 0 Å². The Labute approximate surface area is 116 Å². The predicted molar refractivity (Wildman–Crippen MR) is 80.5 cm³/mol. The highest BCUT2D eigenvalue weighted by Crippen LogP contribution is 2.20. The maximum Gasteiger partial charge on any atom is 0.128 e. The van der Waals surface area contributed by atoms with Crippen LogP contribution in [-0.2, 0) is 6.42 Å². The summed E-state index contributed by atoms with van der Waals surface area (Å²) in [6.45, 7) is 6.50. The Morgan fingerprint density at radius 1 is 1.37 bits per heavy atom. The molecule has 1 saturated heterocycles. The number of nitrogens with zero attached hydrogens (tertiary/aromatic N) is 3. The molecule has 0 spiro atoms. The Hall–Kier alpha value is -1.13. The van der Waals surface area contributed by atoms with Crippen LogP contribution in [0.3, 0.4) is 0 Å². The van der Waals surface area contributed by atoms with Crippen molar-refractivity contribution in [3.8, 4) is 0 Å². The number of hydrogen-bond acceptors (Lipinski definition) is 4. The average Bonchev–Trinajstić information content (AvgIpc) is 2.48. The zero-order valence-corrected chi connectivity index (χ0v) is 12.2. The summed E-state index contributed by atoms with van der Waals surface area (Å²) in [7, 11) is 2.16. The van der Waals surface area contributed by atoms with Crippen molar-refractivity contribution in [3.63, 3.8) is 0 Å². The highest BCUT2D eigenvalue weighted by atomic mass is 15.2. The van der Waals surface area contributed by atoms with Gasteiger partial charge >= 0.3 is 0 Å². The SMILES string of the molecule is CCN1CCC(N(C)c2ccc(CCN)cn2)CC1. The molecule has 106 valence electrons. The predicted octanol–water partition coefficient (Wildman–Crippen LogP) is 1.50. The van der Waals surface area contributed by atoms with Crippen LogP contribution in [0.1, 0.15) is 25.3 Å². The van der Waals surface area contributed by atoms with Crippen LogP contribution in [0.2, 0.25) is 0 Å². The van der Waals surface area contributed by atoms with Gasteiger partial charge in [0, 0.05) is 32.4 Å². The Morgan fingerprint density at radius 2 is 2.11 bits per heavy atom. The largest absolute Gasteiger partial charge is 0.357 e. The van der Waals surface area contributed by atoms with Crippen molar-refractivity contribution < 1.29 is 0 Å². The molecule has 0 atom stereocenters. The van der Waals surface area contributed by atoms with Crippen LogP contribution in [0.4, 0.5) is 5.82 Å². The zero-order valence-electron chi connectivity index (χ0n) is 12.2. The molecule has 0 amide bonds. The summed E-state index contributed by atoms with van der Waals surface area (Å²) in [6.07, 6.45) is 5.33. The molecule has 1 aromatic heterocycles. The fourth-order valence-corrected chi connectivity index (χ4v) is 2.75. The molecule has 0 saturated carbocycles. The summed E-state index contributed by atoms with van der Waals surface area (Å²) in [5.41, 5.74) is 6.78. The molecule has 0 unspecified atom stereocenters. The average molecular weight is 262 g/mol. The molecular formula is C15H26N4. The topological polar surface area (TPSA) is 45.4 Å². The third-order valence-electron chi connectivity index (χ3n) is 4.16. The van der Waals surface area contributed by atoms with Gasteiger partial charge in [0.2, 0.25) is 0 Å². The van der Waals surface area contributed by atoms with E-state index in [9.17, 15) is 0 Å². The summed E-state index contributed by atoms with van der Waals surface area (Å²) in [5, 5.41) is 0. The molecular weight excluding hydrogens is 236 g/mol. The lowest BCUT2D eigenvalue weighted by molar-refractivity contribution is 0.220. The van der Waals surface area contributed by atoms with E-state index < -0.39 is 0 Å². The maximum atomic E-state index is 5.56. The summed E-state index contributed by atoms with van der Waals surface area (Å²) in [6, 6.07) is 4.89. The number of rotatable bonds is 5. The maximum absolute atomic E-state index is 5.56. The molecule has 19 heavy (non-hydrogen) atoms. The Bertz CT molecular complexity index is 368. The molecule has 0 aromatic carbocycles. The van der Waals surface area contributed by atoms with Crippen LogP contribution in [0.5, 0.6) is 0 Å². The van der Waals surface area contributed by atoms with Crippen molar-refractivity contribution in [1.82, 2.24) is 9.88 Å². The monoisotopic (exact) mass is 262 g/mol. The Morgan fingerprint density at radius 3 is 2.63 bits per heavy atom. The highest BCUT2D eigenvalue weighted by Gasteiger charge is 2.22. The molecule has 2 rings (SSSR count). The van der Waals surface area contributed by atoms with Crippen LogP contribution in [0.25, 0.3) is 0 Å². The molecule has 2 heterocycles. The van der Waals surface area contributed by atoms with E-state index in [1.807, 2.05) is 6.20 Å². The van der Waals surface area contributed by atoms with Crippen LogP contribution in [-0.4, -0.2) is 49.2 Å². The van der Waals surface area contributed by atoms with Gasteiger partial charge in [0.25, 0.3) is 0 Å². The quantitative estimate of drug-likeness (QED) is 0.873. The lowest BCUT2D eigenvalue weighted by Crippen LogP contribution is -2.43. The molecule has 1 aromatic rings. The highest BCUT2D eigenvalue weighted by molar-refractivity contribution is 5.39. The summed E-state index contributed by atoms with van der Waals surface area (Å²) >= 11 is 0. The van der Waals surface area contributed by atoms with Gasteiger partial charge in [-0.1, -0.05) is 13.0 Å². The van der Waals surface area contributed by atoms with Gasteiger partial charge in [0.1, 0.15) is 5.82 Å². The molecule has 4 nitrogen and oxygen atoms in total. The number of anilines is 1. The molecule has 1 aliphatic heterocycles. The van der Waals surface area contributed by atoms with E-state index in [4.69, 9.17) is 5.73 Å². The lowest BCUT2D eigenvalue weighted by atomic mass is 10.0. The second-order valence-electron chi connectivity index (χ2n) is 5.34. The van der Waals surface area contributed by atoms with Gasteiger partial charge in [0.15, 0.2) is 0 Å². The van der Waals surface area contributed by atoms with Gasteiger partial charge < -0.3 is 15.5 Å². The second kappa shape index (κ2) is 6.87. The minimum Gasteiger partial charge on any atom is -0.357 e. The van der Waals surface area contributed by atoms with E-state index in [1.54, 1.807) is 0 Å². The fraction of sp³-hybridized carbons (Fsp3) is 0.667. The van der Waals surface area contributed by atoms with Gasteiger partial charge in [-0.2, -0.15) is 0 Å². The Kier molecular flexibility index (Phi) is 5.16. The van der Waals surface area contributed by atoms with Crippen molar-refractivity contribution >= 4 is 5.82 Å². The molecule has 0 aliphatic carbocycles. The van der Waals surface area contributed by atoms with Crippen molar-refractivity contribution in [1.29, 1.82) is 0 Å². The summed E-state index contributed by atoms with van der Waals surface area (Å²) in [4.78, 5) is 9.42. The van der Waals surface area contributed by atoms with Crippen LogP contribution in [0.15, 0.2) is 18.3 Å². The van der Waals surface area contributed by atoms with Gasteiger partial charge in [-0.15, -0.1) is 0 Å². The summed E-state index contributed by atoms with van der Waals surface area (Å²) < 4.78 is 0. The van der Waals surface area contributed by atoms with E-state index in [0.717, 1.165) is 12.2 Å². The number of aromatic nitrogens is 1. The molecule has 2 N–H and O–H groups in total. The second-order valence-corrected chi connectivity index (χ2v) is 5.34. The van der Waals surface area contributed by atoms with Gasteiger partial charge in [-0.05, 0) is 44.0 Å². The van der Waals surface area contributed by atoms with E-state index in [1.165, 1.54) is 38.0 Å². The normalized spacial score (nSPS) is 17.6.